The predicted molar refractivity (Wildman–Crippen MR) is 108 cm³/mol. The highest BCUT2D eigenvalue weighted by Gasteiger charge is 2.23. The zero-order valence-corrected chi connectivity index (χ0v) is 16.5. The minimum absolute atomic E-state index is 0. The van der Waals surface area contributed by atoms with Gasteiger partial charge in [0, 0.05) is 38.6 Å². The van der Waals surface area contributed by atoms with Crippen LogP contribution >= 0.6 is 24.8 Å². The molecular formula is C20H24Cl2F2N2O. The van der Waals surface area contributed by atoms with Crippen LogP contribution in [-0.2, 0) is 6.42 Å². The molecule has 0 saturated carbocycles. The standard InChI is InChI=1S/C20H22F2N2O.2ClH/c21-16-7-5-15(6-8-16)13-17-14-23-10-12-24(17)11-9-20(25)18-3-1-2-4-19(18)22;;/h1-8,17,23H,9-14H2;2*1H. The van der Waals surface area contributed by atoms with E-state index in [1.165, 1.54) is 24.3 Å². The van der Waals surface area contributed by atoms with Crippen LogP contribution in [-0.4, -0.2) is 42.9 Å². The Morgan fingerprint density at radius 2 is 1.78 bits per heavy atom. The van der Waals surface area contributed by atoms with Crippen LogP contribution in [0.15, 0.2) is 48.5 Å². The number of Topliss-reactive ketones (excluding diaryl/α,β-unsaturated/α-hetero) is 1. The average molecular weight is 417 g/mol. The van der Waals surface area contributed by atoms with Crippen molar-refractivity contribution in [2.45, 2.75) is 18.9 Å². The first kappa shape index (κ1) is 23.5. The summed E-state index contributed by atoms with van der Waals surface area (Å²) in [5, 5.41) is 3.36. The van der Waals surface area contributed by atoms with Crippen molar-refractivity contribution in [2.75, 3.05) is 26.2 Å². The summed E-state index contributed by atoms with van der Waals surface area (Å²) in [5.74, 6) is -0.870. The first-order valence-corrected chi connectivity index (χ1v) is 8.60. The number of nitrogens with zero attached hydrogens (tertiary/aromatic N) is 1. The number of carbonyl (C=O) groups is 1. The number of halogens is 4. The van der Waals surface area contributed by atoms with Crippen molar-refractivity contribution in [3.63, 3.8) is 0 Å². The fraction of sp³-hybridized carbons (Fsp3) is 0.350. The molecule has 3 nitrogen and oxygen atoms in total. The van der Waals surface area contributed by atoms with Crippen LogP contribution in [0.2, 0.25) is 0 Å². The van der Waals surface area contributed by atoms with Gasteiger partial charge < -0.3 is 5.32 Å². The quantitative estimate of drug-likeness (QED) is 0.724. The Kier molecular flexibility index (Phi) is 9.88. The van der Waals surface area contributed by atoms with Gasteiger partial charge in [-0.15, -0.1) is 24.8 Å². The Morgan fingerprint density at radius 3 is 2.48 bits per heavy atom. The molecule has 2 aromatic rings. The molecule has 0 bridgehead atoms. The van der Waals surface area contributed by atoms with E-state index in [0.29, 0.717) is 13.0 Å². The van der Waals surface area contributed by atoms with E-state index in [-0.39, 0.29) is 48.0 Å². The maximum absolute atomic E-state index is 13.7. The molecule has 148 valence electrons. The maximum atomic E-state index is 13.7. The molecule has 0 aliphatic carbocycles. The molecule has 1 atom stereocenters. The molecule has 0 radical (unpaired) electrons. The summed E-state index contributed by atoms with van der Waals surface area (Å²) >= 11 is 0. The van der Waals surface area contributed by atoms with Gasteiger partial charge in [-0.3, -0.25) is 9.69 Å². The Hall–Kier alpha value is -1.53. The fourth-order valence-corrected chi connectivity index (χ4v) is 3.26. The molecule has 1 aliphatic heterocycles. The number of hydrogen-bond acceptors (Lipinski definition) is 3. The van der Waals surface area contributed by atoms with Crippen molar-refractivity contribution in [1.29, 1.82) is 0 Å². The van der Waals surface area contributed by atoms with Crippen molar-refractivity contribution in [3.8, 4) is 0 Å². The van der Waals surface area contributed by atoms with E-state index in [9.17, 15) is 13.6 Å². The highest BCUT2D eigenvalue weighted by atomic mass is 35.5. The normalized spacial score (nSPS) is 16.9. The topological polar surface area (TPSA) is 32.3 Å². The van der Waals surface area contributed by atoms with Gasteiger partial charge >= 0.3 is 0 Å². The van der Waals surface area contributed by atoms with Gasteiger partial charge in [0.05, 0.1) is 5.56 Å². The molecule has 1 saturated heterocycles. The summed E-state index contributed by atoms with van der Waals surface area (Å²) in [7, 11) is 0. The molecule has 2 aromatic carbocycles. The smallest absolute Gasteiger partial charge is 0.167 e. The minimum atomic E-state index is -0.462. The van der Waals surface area contributed by atoms with Crippen LogP contribution in [0.1, 0.15) is 22.3 Å². The molecular weight excluding hydrogens is 393 g/mol. The van der Waals surface area contributed by atoms with Gasteiger partial charge in [0.2, 0.25) is 0 Å². The van der Waals surface area contributed by atoms with Crippen molar-refractivity contribution >= 4 is 30.6 Å². The first-order chi connectivity index (χ1) is 12.1. The van der Waals surface area contributed by atoms with E-state index in [2.05, 4.69) is 10.2 Å². The molecule has 0 aromatic heterocycles. The fourth-order valence-electron chi connectivity index (χ4n) is 3.26. The van der Waals surface area contributed by atoms with Crippen molar-refractivity contribution in [1.82, 2.24) is 10.2 Å². The van der Waals surface area contributed by atoms with Gasteiger partial charge in [0.25, 0.3) is 0 Å². The van der Waals surface area contributed by atoms with E-state index >= 15 is 0 Å². The van der Waals surface area contributed by atoms with E-state index in [1.54, 1.807) is 24.3 Å². The van der Waals surface area contributed by atoms with Crippen LogP contribution < -0.4 is 5.32 Å². The zero-order valence-electron chi connectivity index (χ0n) is 14.9. The average Bonchev–Trinajstić information content (AvgIpc) is 2.63. The van der Waals surface area contributed by atoms with Gasteiger partial charge in [0.15, 0.2) is 5.78 Å². The monoisotopic (exact) mass is 416 g/mol. The number of nitrogens with one attached hydrogen (secondary N) is 1. The number of rotatable bonds is 6. The van der Waals surface area contributed by atoms with E-state index < -0.39 is 5.82 Å². The molecule has 1 fully saturated rings. The Balaban J connectivity index is 0.00000182. The third kappa shape index (κ3) is 6.54. The molecule has 27 heavy (non-hydrogen) atoms. The maximum Gasteiger partial charge on any atom is 0.167 e. The van der Waals surface area contributed by atoms with E-state index in [1.807, 2.05) is 0 Å². The van der Waals surface area contributed by atoms with Gasteiger partial charge in [-0.2, -0.15) is 0 Å². The third-order valence-corrected chi connectivity index (χ3v) is 4.66. The lowest BCUT2D eigenvalue weighted by Gasteiger charge is -2.36. The highest BCUT2D eigenvalue weighted by Crippen LogP contribution is 2.14. The van der Waals surface area contributed by atoms with Gasteiger partial charge in [0.1, 0.15) is 11.6 Å². The molecule has 7 heteroatoms. The summed E-state index contributed by atoms with van der Waals surface area (Å²) in [6.07, 6.45) is 1.09. The van der Waals surface area contributed by atoms with Gasteiger partial charge in [-0.1, -0.05) is 24.3 Å². The van der Waals surface area contributed by atoms with Crippen LogP contribution in [0.5, 0.6) is 0 Å². The zero-order chi connectivity index (χ0) is 17.6. The molecule has 3 rings (SSSR count). The lowest BCUT2D eigenvalue weighted by molar-refractivity contribution is 0.0931. The lowest BCUT2D eigenvalue weighted by atomic mass is 10.0. The first-order valence-electron chi connectivity index (χ1n) is 8.60. The van der Waals surface area contributed by atoms with Crippen LogP contribution in [0.25, 0.3) is 0 Å². The molecule has 0 amide bonds. The summed E-state index contributed by atoms with van der Waals surface area (Å²) in [4.78, 5) is 14.5. The summed E-state index contributed by atoms with van der Waals surface area (Å²) in [6, 6.07) is 12.9. The van der Waals surface area contributed by atoms with E-state index in [0.717, 1.165) is 31.6 Å². The number of benzene rings is 2. The molecule has 0 spiro atoms. The van der Waals surface area contributed by atoms with Gasteiger partial charge in [-0.25, -0.2) is 8.78 Å². The molecule has 1 unspecified atom stereocenters. The largest absolute Gasteiger partial charge is 0.314 e. The number of hydrogen-bond donors (Lipinski definition) is 1. The SMILES string of the molecule is Cl.Cl.O=C(CCN1CCNCC1Cc1ccc(F)cc1)c1ccccc1F. The second kappa shape index (κ2) is 11.3. The number of ketones is 1. The van der Waals surface area contributed by atoms with Crippen LogP contribution in [0, 0.1) is 11.6 Å². The highest BCUT2D eigenvalue weighted by molar-refractivity contribution is 5.96. The van der Waals surface area contributed by atoms with Gasteiger partial charge in [-0.05, 0) is 36.2 Å². The summed E-state index contributed by atoms with van der Waals surface area (Å²) < 4.78 is 26.8. The number of piperazine rings is 1. The van der Waals surface area contributed by atoms with Crippen LogP contribution in [0.4, 0.5) is 8.78 Å². The molecule has 1 heterocycles. The minimum Gasteiger partial charge on any atom is -0.314 e. The van der Waals surface area contributed by atoms with Crippen molar-refractivity contribution < 1.29 is 13.6 Å². The lowest BCUT2D eigenvalue weighted by Crippen LogP contribution is -2.52. The summed E-state index contributed by atoms with van der Waals surface area (Å²) in [6.45, 7) is 3.14. The summed E-state index contributed by atoms with van der Waals surface area (Å²) in [5.41, 5.74) is 1.23. The second-order valence-electron chi connectivity index (χ2n) is 6.38. The van der Waals surface area contributed by atoms with Crippen molar-refractivity contribution in [2.24, 2.45) is 0 Å². The van der Waals surface area contributed by atoms with Crippen LogP contribution in [0.3, 0.4) is 0 Å². The molecule has 1 N–H and O–H groups in total. The Morgan fingerprint density at radius 1 is 1.07 bits per heavy atom. The Labute approximate surface area is 171 Å². The predicted octanol–water partition coefficient (Wildman–Crippen LogP) is 3.90. The Bertz CT molecular complexity index is 728. The number of carbonyl (C=O) groups excluding carboxylic acids is 1. The van der Waals surface area contributed by atoms with Crippen molar-refractivity contribution in [3.05, 3.63) is 71.3 Å². The third-order valence-electron chi connectivity index (χ3n) is 4.66. The second-order valence-corrected chi connectivity index (χ2v) is 6.38. The molecule has 1 aliphatic rings. The van der Waals surface area contributed by atoms with E-state index in [4.69, 9.17) is 0 Å².